The number of amides is 2. The van der Waals surface area contributed by atoms with Crippen LogP contribution in [-0.2, 0) is 14.8 Å². The van der Waals surface area contributed by atoms with E-state index in [1.165, 1.54) is 23.9 Å². The Balaban J connectivity index is 1.58. The molecule has 4 aromatic carbocycles. The molecule has 9 heteroatoms. The topological polar surface area (TPSA) is 95.6 Å². The van der Waals surface area contributed by atoms with Crippen LogP contribution in [0.4, 0.5) is 11.4 Å². The Hall–Kier alpha value is -4.08. The fourth-order valence-corrected chi connectivity index (χ4v) is 5.94. The molecule has 0 saturated carbocycles. The highest BCUT2D eigenvalue weighted by Crippen LogP contribution is 2.26. The lowest BCUT2D eigenvalue weighted by Crippen LogP contribution is -2.38. The molecular formula is C31H31N3O4S2. The van der Waals surface area contributed by atoms with Gasteiger partial charge in [0, 0.05) is 4.90 Å². The summed E-state index contributed by atoms with van der Waals surface area (Å²) >= 11 is 1.51. The number of nitrogens with one attached hydrogen (secondary N) is 2. The molecule has 0 fully saturated rings. The second-order valence-corrected chi connectivity index (χ2v) is 12.0. The molecule has 7 nitrogen and oxygen atoms in total. The van der Waals surface area contributed by atoms with Gasteiger partial charge < -0.3 is 10.6 Å². The van der Waals surface area contributed by atoms with Gasteiger partial charge in [-0.05, 0) is 74.2 Å². The number of hydrogen-bond acceptors (Lipinski definition) is 5. The predicted octanol–water partition coefficient (Wildman–Crippen LogP) is 6.04. The van der Waals surface area contributed by atoms with Gasteiger partial charge in [0.2, 0.25) is 5.91 Å². The number of carbonyl (C=O) groups excluding carboxylic acids is 2. The van der Waals surface area contributed by atoms with E-state index in [4.69, 9.17) is 0 Å². The zero-order valence-corrected chi connectivity index (χ0v) is 24.1. The fraction of sp³-hybridized carbons (Fsp3) is 0.161. The van der Waals surface area contributed by atoms with Gasteiger partial charge in [0.1, 0.15) is 6.54 Å². The molecule has 0 bridgehead atoms. The van der Waals surface area contributed by atoms with Crippen molar-refractivity contribution in [3.63, 3.8) is 0 Å². The maximum atomic E-state index is 13.7. The zero-order chi connectivity index (χ0) is 28.7. The van der Waals surface area contributed by atoms with Crippen LogP contribution in [0, 0.1) is 6.92 Å². The Kier molecular flexibility index (Phi) is 9.29. The number of rotatable bonds is 10. The van der Waals surface area contributed by atoms with E-state index < -0.39 is 22.5 Å². The molecule has 0 heterocycles. The summed E-state index contributed by atoms with van der Waals surface area (Å²) in [6.07, 6.45) is 1.91. The number of para-hydroxylation sites is 1. The summed E-state index contributed by atoms with van der Waals surface area (Å²) in [4.78, 5) is 27.4. The molecule has 0 aliphatic heterocycles. The Bertz CT molecular complexity index is 1570. The number of sulfonamides is 1. The predicted molar refractivity (Wildman–Crippen MR) is 161 cm³/mol. The van der Waals surface area contributed by atoms with Crippen molar-refractivity contribution in [2.45, 2.75) is 29.7 Å². The summed E-state index contributed by atoms with van der Waals surface area (Å²) in [6, 6.07) is 29.4. The third-order valence-electron chi connectivity index (χ3n) is 6.35. The van der Waals surface area contributed by atoms with E-state index in [9.17, 15) is 18.0 Å². The van der Waals surface area contributed by atoms with Crippen LogP contribution in [0.1, 0.15) is 34.5 Å². The minimum Gasteiger partial charge on any atom is -0.345 e. The van der Waals surface area contributed by atoms with Crippen molar-refractivity contribution >= 4 is 45.0 Å². The number of hydrogen-bond donors (Lipinski definition) is 2. The van der Waals surface area contributed by atoms with Gasteiger partial charge in [0.25, 0.3) is 15.9 Å². The average molecular weight is 574 g/mol. The molecule has 0 saturated heterocycles. The van der Waals surface area contributed by atoms with E-state index >= 15 is 0 Å². The van der Waals surface area contributed by atoms with Crippen LogP contribution in [0.25, 0.3) is 0 Å². The van der Waals surface area contributed by atoms with Crippen molar-refractivity contribution in [2.75, 3.05) is 22.4 Å². The van der Waals surface area contributed by atoms with Crippen LogP contribution in [0.3, 0.4) is 0 Å². The molecule has 0 spiro atoms. The average Bonchev–Trinajstić information content (AvgIpc) is 2.97. The molecular weight excluding hydrogens is 542 g/mol. The van der Waals surface area contributed by atoms with Crippen molar-refractivity contribution < 1.29 is 18.0 Å². The Morgan fingerprint density at radius 1 is 0.850 bits per heavy atom. The smallest absolute Gasteiger partial charge is 0.264 e. The van der Waals surface area contributed by atoms with E-state index in [0.717, 1.165) is 20.3 Å². The van der Waals surface area contributed by atoms with Gasteiger partial charge in [-0.1, -0.05) is 60.2 Å². The minimum absolute atomic E-state index is 0.0772. The highest BCUT2D eigenvalue weighted by Gasteiger charge is 2.28. The number of carbonyl (C=O) groups is 2. The summed E-state index contributed by atoms with van der Waals surface area (Å²) in [5.74, 6) is -0.939. The van der Waals surface area contributed by atoms with Crippen molar-refractivity contribution in [3.05, 3.63) is 120 Å². The number of nitrogens with zero attached hydrogens (tertiary/aromatic N) is 1. The molecule has 0 aromatic heterocycles. The summed E-state index contributed by atoms with van der Waals surface area (Å²) in [5, 5.41) is 5.70. The van der Waals surface area contributed by atoms with Crippen molar-refractivity contribution in [1.29, 1.82) is 0 Å². The van der Waals surface area contributed by atoms with Gasteiger partial charge in [-0.25, -0.2) is 8.42 Å². The lowest BCUT2D eigenvalue weighted by molar-refractivity contribution is -0.114. The highest BCUT2D eigenvalue weighted by atomic mass is 32.2. The van der Waals surface area contributed by atoms with E-state index in [0.29, 0.717) is 5.69 Å². The molecule has 2 amide bonds. The Labute approximate surface area is 239 Å². The summed E-state index contributed by atoms with van der Waals surface area (Å²) in [6.45, 7) is 3.30. The van der Waals surface area contributed by atoms with Gasteiger partial charge >= 0.3 is 0 Å². The van der Waals surface area contributed by atoms with E-state index in [1.807, 2.05) is 50.4 Å². The molecule has 4 aromatic rings. The number of thioether (sulfide) groups is 1. The second kappa shape index (κ2) is 12.8. The molecule has 1 atom stereocenters. The molecule has 40 heavy (non-hydrogen) atoms. The van der Waals surface area contributed by atoms with E-state index in [2.05, 4.69) is 10.6 Å². The largest absolute Gasteiger partial charge is 0.345 e. The summed E-state index contributed by atoms with van der Waals surface area (Å²) in [5.41, 5.74) is 2.82. The van der Waals surface area contributed by atoms with Gasteiger partial charge in [0.05, 0.1) is 27.9 Å². The van der Waals surface area contributed by atoms with Crippen molar-refractivity contribution in [1.82, 2.24) is 5.32 Å². The molecule has 0 aliphatic rings. The van der Waals surface area contributed by atoms with Gasteiger partial charge in [0.15, 0.2) is 0 Å². The number of benzene rings is 4. The van der Waals surface area contributed by atoms with E-state index in [1.54, 1.807) is 60.7 Å². The maximum Gasteiger partial charge on any atom is 0.264 e. The molecule has 4 rings (SSSR count). The normalized spacial score (nSPS) is 11.9. The lowest BCUT2D eigenvalue weighted by Gasteiger charge is -2.24. The highest BCUT2D eigenvalue weighted by molar-refractivity contribution is 7.98. The minimum atomic E-state index is -4.07. The van der Waals surface area contributed by atoms with Gasteiger partial charge in [-0.3, -0.25) is 13.9 Å². The van der Waals surface area contributed by atoms with Crippen LogP contribution >= 0.6 is 11.8 Å². The SMILES string of the molecule is CSc1ccc(S(=O)(=O)N(CC(=O)Nc2ccccc2C(=O)N[C@@H](C)c2ccccc2)c2ccc(C)cc2)cc1. The summed E-state index contributed by atoms with van der Waals surface area (Å²) in [7, 11) is -4.07. The fourth-order valence-electron chi connectivity index (χ4n) is 4.11. The molecule has 0 unspecified atom stereocenters. The van der Waals surface area contributed by atoms with Crippen molar-refractivity contribution in [3.8, 4) is 0 Å². The third-order valence-corrected chi connectivity index (χ3v) is 8.88. The van der Waals surface area contributed by atoms with Crippen molar-refractivity contribution in [2.24, 2.45) is 0 Å². The van der Waals surface area contributed by atoms with Crippen LogP contribution in [0.5, 0.6) is 0 Å². The van der Waals surface area contributed by atoms with E-state index in [-0.39, 0.29) is 28.1 Å². The Morgan fingerprint density at radius 3 is 2.12 bits per heavy atom. The first kappa shape index (κ1) is 28.9. The first-order valence-corrected chi connectivity index (χ1v) is 15.3. The standard InChI is InChI=1S/C31H31N3O4S2/c1-22-13-15-25(16-14-22)34(40(37,38)27-19-17-26(39-3)18-20-27)21-30(35)33-29-12-8-7-11-28(29)31(36)32-23(2)24-9-5-4-6-10-24/h4-20,23H,21H2,1-3H3,(H,32,36)(H,33,35)/t23-/m0/s1. The lowest BCUT2D eigenvalue weighted by atomic mass is 10.1. The quantitative estimate of drug-likeness (QED) is 0.226. The van der Waals surface area contributed by atoms with Gasteiger partial charge in [-0.2, -0.15) is 0 Å². The molecule has 0 radical (unpaired) electrons. The molecule has 206 valence electrons. The Morgan fingerprint density at radius 2 is 1.48 bits per heavy atom. The summed E-state index contributed by atoms with van der Waals surface area (Å²) < 4.78 is 28.5. The first-order chi connectivity index (χ1) is 19.2. The van der Waals surface area contributed by atoms with Crippen LogP contribution < -0.4 is 14.9 Å². The maximum absolute atomic E-state index is 13.7. The van der Waals surface area contributed by atoms with Crippen LogP contribution in [0.15, 0.2) is 113 Å². The van der Waals surface area contributed by atoms with Crippen LogP contribution in [0.2, 0.25) is 0 Å². The second-order valence-electron chi connectivity index (χ2n) is 9.22. The third kappa shape index (κ3) is 6.91. The van der Waals surface area contributed by atoms with Gasteiger partial charge in [-0.15, -0.1) is 11.8 Å². The number of aryl methyl sites for hydroxylation is 1. The zero-order valence-electron chi connectivity index (χ0n) is 22.5. The number of anilines is 2. The molecule has 0 aliphatic carbocycles. The monoisotopic (exact) mass is 573 g/mol. The van der Waals surface area contributed by atoms with Crippen LogP contribution in [-0.4, -0.2) is 33.0 Å². The first-order valence-electron chi connectivity index (χ1n) is 12.7. The molecule has 2 N–H and O–H groups in total.